The highest BCUT2D eigenvalue weighted by Crippen LogP contribution is 2.22. The summed E-state index contributed by atoms with van der Waals surface area (Å²) < 4.78 is 1.31. The van der Waals surface area contributed by atoms with Gasteiger partial charge in [0.15, 0.2) is 0 Å². The molecule has 0 unspecified atom stereocenters. The van der Waals surface area contributed by atoms with Gasteiger partial charge in [0.1, 0.15) is 0 Å². The average molecular weight is 434 g/mol. The van der Waals surface area contributed by atoms with E-state index in [-0.39, 0.29) is 24.0 Å². The Morgan fingerprint density at radius 2 is 1.80 bits per heavy atom. The Morgan fingerprint density at radius 1 is 1.07 bits per heavy atom. The summed E-state index contributed by atoms with van der Waals surface area (Å²) in [6.07, 6.45) is 7.84. The van der Waals surface area contributed by atoms with E-state index in [1.54, 1.807) is 5.70 Å². The molecule has 88 valence electrons. The lowest BCUT2D eigenvalue weighted by Crippen LogP contribution is -2.48. The molecule has 3 aliphatic heterocycles. The average Bonchev–Trinajstić information content (AvgIpc) is 2.26. The summed E-state index contributed by atoms with van der Waals surface area (Å²) in [7, 11) is 0. The Kier molecular flexibility index (Phi) is 6.64. The van der Waals surface area contributed by atoms with Gasteiger partial charge in [0.05, 0.1) is 0 Å². The topological polar surface area (TPSA) is 6.48 Å². The summed E-state index contributed by atoms with van der Waals surface area (Å²) >= 11 is 2.47. The molecule has 1 fully saturated rings. The molecule has 2 bridgehead atoms. The SMILES string of the molecule is I.ICCCCCC1=CN2CCN1CC2. The molecule has 0 saturated carbocycles. The van der Waals surface area contributed by atoms with Crippen molar-refractivity contribution in [3.63, 3.8) is 0 Å². The van der Waals surface area contributed by atoms with Gasteiger partial charge in [-0.2, -0.15) is 0 Å². The van der Waals surface area contributed by atoms with Gasteiger partial charge in [-0.3, -0.25) is 0 Å². The normalized spacial score (nSPS) is 18.9. The summed E-state index contributed by atoms with van der Waals surface area (Å²) in [5, 5.41) is 0. The number of piperazine rings is 1. The summed E-state index contributed by atoms with van der Waals surface area (Å²) in [5.41, 5.74) is 1.59. The number of alkyl halides is 1. The summed E-state index contributed by atoms with van der Waals surface area (Å²) in [4.78, 5) is 5.05. The zero-order chi connectivity index (χ0) is 9.80. The summed E-state index contributed by atoms with van der Waals surface area (Å²) in [5.74, 6) is 0. The van der Waals surface area contributed by atoms with Crippen molar-refractivity contribution in [2.24, 2.45) is 0 Å². The summed E-state index contributed by atoms with van der Waals surface area (Å²) in [6, 6.07) is 0. The fourth-order valence-electron chi connectivity index (χ4n) is 2.23. The first kappa shape index (κ1) is 13.9. The molecule has 0 spiro atoms. The number of fused-ring (bicyclic) bond motifs is 2. The molecule has 0 aliphatic carbocycles. The molecule has 0 N–H and O–H groups in total. The molecule has 4 heteroatoms. The van der Waals surface area contributed by atoms with Gasteiger partial charge >= 0.3 is 0 Å². The maximum Gasteiger partial charge on any atom is 0.0352 e. The fraction of sp³-hybridized carbons (Fsp3) is 0.818. The predicted molar refractivity (Wildman–Crippen MR) is 84.0 cm³/mol. The lowest BCUT2D eigenvalue weighted by molar-refractivity contribution is 0.159. The smallest absolute Gasteiger partial charge is 0.0352 e. The third kappa shape index (κ3) is 3.94. The number of halogens is 2. The number of hydrogen-bond acceptors (Lipinski definition) is 2. The van der Waals surface area contributed by atoms with E-state index < -0.39 is 0 Å². The maximum absolute atomic E-state index is 2.57. The monoisotopic (exact) mass is 434 g/mol. The molecular weight excluding hydrogens is 414 g/mol. The number of allylic oxidation sites excluding steroid dienone is 1. The second-order valence-corrected chi connectivity index (χ2v) is 5.22. The van der Waals surface area contributed by atoms with Crippen LogP contribution >= 0.6 is 46.6 Å². The van der Waals surface area contributed by atoms with E-state index in [1.165, 1.54) is 56.3 Å². The van der Waals surface area contributed by atoms with E-state index in [2.05, 4.69) is 38.6 Å². The van der Waals surface area contributed by atoms with Crippen molar-refractivity contribution >= 4 is 46.6 Å². The third-order valence-corrected chi connectivity index (χ3v) is 3.88. The van der Waals surface area contributed by atoms with Crippen LogP contribution in [0.5, 0.6) is 0 Å². The quantitative estimate of drug-likeness (QED) is 0.373. The van der Waals surface area contributed by atoms with Crippen molar-refractivity contribution in [2.75, 3.05) is 30.6 Å². The second-order valence-electron chi connectivity index (χ2n) is 4.14. The number of hydrogen-bond donors (Lipinski definition) is 0. The van der Waals surface area contributed by atoms with E-state index in [0.717, 1.165) is 0 Å². The minimum atomic E-state index is 0. The Labute approximate surface area is 124 Å². The number of unbranched alkanes of at least 4 members (excludes halogenated alkanes) is 2. The molecule has 15 heavy (non-hydrogen) atoms. The van der Waals surface area contributed by atoms with Crippen LogP contribution in [-0.2, 0) is 0 Å². The Hall–Kier alpha value is 0.800. The van der Waals surface area contributed by atoms with Gasteiger partial charge in [0, 0.05) is 38.1 Å². The van der Waals surface area contributed by atoms with E-state index >= 15 is 0 Å². The van der Waals surface area contributed by atoms with Gasteiger partial charge in [0.2, 0.25) is 0 Å². The molecular formula is C11H20I2N2. The fourth-order valence-corrected chi connectivity index (χ4v) is 2.77. The minimum Gasteiger partial charge on any atom is -0.372 e. The van der Waals surface area contributed by atoms with Gasteiger partial charge < -0.3 is 9.80 Å². The van der Waals surface area contributed by atoms with Crippen LogP contribution in [0.25, 0.3) is 0 Å². The van der Waals surface area contributed by atoms with Crippen molar-refractivity contribution in [1.82, 2.24) is 9.80 Å². The predicted octanol–water partition coefficient (Wildman–Crippen LogP) is 3.07. The Balaban J connectivity index is 0.00000112. The second kappa shape index (κ2) is 7.19. The van der Waals surface area contributed by atoms with Crippen LogP contribution in [0.3, 0.4) is 0 Å². The van der Waals surface area contributed by atoms with Crippen molar-refractivity contribution in [1.29, 1.82) is 0 Å². The lowest BCUT2D eigenvalue weighted by Gasteiger charge is -2.43. The van der Waals surface area contributed by atoms with Gasteiger partial charge in [0.25, 0.3) is 0 Å². The van der Waals surface area contributed by atoms with Crippen LogP contribution in [-0.4, -0.2) is 40.4 Å². The zero-order valence-corrected chi connectivity index (χ0v) is 13.6. The van der Waals surface area contributed by atoms with Crippen molar-refractivity contribution in [3.05, 3.63) is 11.9 Å². The highest BCUT2D eigenvalue weighted by Gasteiger charge is 2.22. The van der Waals surface area contributed by atoms with Crippen molar-refractivity contribution in [2.45, 2.75) is 25.7 Å². The van der Waals surface area contributed by atoms with E-state index in [9.17, 15) is 0 Å². The summed E-state index contributed by atoms with van der Waals surface area (Å²) in [6.45, 7) is 5.02. The molecule has 0 atom stereocenters. The van der Waals surface area contributed by atoms with E-state index in [0.29, 0.717) is 0 Å². The van der Waals surface area contributed by atoms with Crippen LogP contribution in [0.2, 0.25) is 0 Å². The highest BCUT2D eigenvalue weighted by atomic mass is 127. The van der Waals surface area contributed by atoms with Crippen molar-refractivity contribution < 1.29 is 0 Å². The van der Waals surface area contributed by atoms with Gasteiger partial charge in [-0.15, -0.1) is 24.0 Å². The minimum absolute atomic E-state index is 0. The molecule has 2 nitrogen and oxygen atoms in total. The van der Waals surface area contributed by atoms with Gasteiger partial charge in [-0.25, -0.2) is 0 Å². The van der Waals surface area contributed by atoms with Crippen molar-refractivity contribution in [3.8, 4) is 0 Å². The van der Waals surface area contributed by atoms with E-state index in [4.69, 9.17) is 0 Å². The zero-order valence-electron chi connectivity index (χ0n) is 9.12. The Bertz CT molecular complexity index is 211. The van der Waals surface area contributed by atoms with Crippen LogP contribution in [0.15, 0.2) is 11.9 Å². The van der Waals surface area contributed by atoms with Crippen LogP contribution in [0, 0.1) is 0 Å². The molecule has 0 aromatic rings. The van der Waals surface area contributed by atoms with Crippen LogP contribution in [0.1, 0.15) is 25.7 Å². The standard InChI is InChI=1S/C11H19IN2.HI/c12-5-3-1-2-4-11-10-13-6-8-14(11)9-7-13;/h10H,1-9H2;1H. The first-order valence-corrected chi connectivity index (χ1v) is 7.18. The third-order valence-electron chi connectivity index (χ3n) is 3.12. The molecule has 3 rings (SSSR count). The largest absolute Gasteiger partial charge is 0.372 e. The van der Waals surface area contributed by atoms with Crippen LogP contribution < -0.4 is 0 Å². The van der Waals surface area contributed by atoms with Crippen LogP contribution in [0.4, 0.5) is 0 Å². The van der Waals surface area contributed by atoms with E-state index in [1.807, 2.05) is 0 Å². The molecule has 0 aromatic carbocycles. The molecule has 3 heterocycles. The highest BCUT2D eigenvalue weighted by molar-refractivity contribution is 14.1. The molecule has 0 amide bonds. The molecule has 1 saturated heterocycles. The Morgan fingerprint density at radius 3 is 2.33 bits per heavy atom. The first-order valence-electron chi connectivity index (χ1n) is 5.66. The number of nitrogens with zero attached hydrogens (tertiary/aromatic N) is 2. The van der Waals surface area contributed by atoms with Gasteiger partial charge in [-0.05, 0) is 23.7 Å². The van der Waals surface area contributed by atoms with Gasteiger partial charge in [-0.1, -0.05) is 29.0 Å². The molecule has 3 aliphatic rings. The lowest BCUT2D eigenvalue weighted by atomic mass is 10.1. The number of rotatable bonds is 5. The molecule has 0 aromatic heterocycles. The maximum atomic E-state index is 2.57. The first-order chi connectivity index (χ1) is 6.90. The molecule has 0 radical (unpaired) electrons.